The number of furan rings is 1. The Labute approximate surface area is 229 Å². The molecule has 1 amide bonds. The number of ketones is 1. The molecule has 3 heterocycles. The van der Waals surface area contributed by atoms with Crippen molar-refractivity contribution in [3.8, 4) is 5.75 Å². The molecule has 1 N–H and O–H groups in total. The molecular formula is C32H36N2O5. The van der Waals surface area contributed by atoms with E-state index in [9.17, 15) is 14.7 Å². The van der Waals surface area contributed by atoms with Crippen molar-refractivity contribution < 1.29 is 23.8 Å². The van der Waals surface area contributed by atoms with Crippen LogP contribution >= 0.6 is 0 Å². The molecule has 0 saturated carbocycles. The van der Waals surface area contributed by atoms with Gasteiger partial charge >= 0.3 is 0 Å². The number of aliphatic hydroxyl groups excluding tert-OH is 1. The number of benzene rings is 2. The number of hydrogen-bond donors (Lipinski definition) is 1. The zero-order valence-electron chi connectivity index (χ0n) is 22.8. The van der Waals surface area contributed by atoms with Gasteiger partial charge in [0, 0.05) is 31.2 Å². The van der Waals surface area contributed by atoms with E-state index >= 15 is 0 Å². The van der Waals surface area contributed by atoms with E-state index in [0.717, 1.165) is 43.8 Å². The molecule has 0 bridgehead atoms. The quantitative estimate of drug-likeness (QED) is 0.223. The van der Waals surface area contributed by atoms with Gasteiger partial charge < -0.3 is 19.2 Å². The molecule has 7 heteroatoms. The van der Waals surface area contributed by atoms with Crippen LogP contribution in [0.5, 0.6) is 5.75 Å². The number of nitrogens with zero attached hydrogens (tertiary/aromatic N) is 2. The number of aliphatic hydroxyl groups is 1. The summed E-state index contributed by atoms with van der Waals surface area (Å²) in [6.45, 7) is 9.02. The number of piperidine rings is 1. The minimum Gasteiger partial charge on any atom is -0.507 e. The van der Waals surface area contributed by atoms with Crippen LogP contribution in [0.3, 0.4) is 0 Å². The van der Waals surface area contributed by atoms with Gasteiger partial charge in [0.05, 0.1) is 18.4 Å². The van der Waals surface area contributed by atoms with Crippen LogP contribution in [0, 0.1) is 0 Å². The van der Waals surface area contributed by atoms with E-state index in [2.05, 4.69) is 17.0 Å². The summed E-state index contributed by atoms with van der Waals surface area (Å²) < 4.78 is 11.5. The highest BCUT2D eigenvalue weighted by Gasteiger charge is 2.50. The molecule has 1 unspecified atom stereocenters. The highest BCUT2D eigenvalue weighted by atomic mass is 16.5. The van der Waals surface area contributed by atoms with Gasteiger partial charge in [0.25, 0.3) is 11.7 Å². The number of ether oxygens (including phenoxy) is 1. The molecule has 2 saturated heterocycles. The van der Waals surface area contributed by atoms with E-state index in [0.29, 0.717) is 17.9 Å². The SMILES string of the molecule is CCOc1ccc(/C(O)=C2/C(=O)C(=O)N(C3CCN(Cc4ccccc4)CC3)C2c2ccco2)cc1C(C)C. The van der Waals surface area contributed by atoms with Gasteiger partial charge in [-0.3, -0.25) is 14.5 Å². The summed E-state index contributed by atoms with van der Waals surface area (Å²) in [6, 6.07) is 18.3. The van der Waals surface area contributed by atoms with Crippen molar-refractivity contribution in [2.45, 2.75) is 58.2 Å². The number of hydrogen-bond acceptors (Lipinski definition) is 6. The summed E-state index contributed by atoms with van der Waals surface area (Å²) in [7, 11) is 0. The lowest BCUT2D eigenvalue weighted by Gasteiger charge is -2.38. The van der Waals surface area contributed by atoms with Crippen LogP contribution in [0.15, 0.2) is 76.9 Å². The first-order chi connectivity index (χ1) is 18.9. The van der Waals surface area contributed by atoms with Gasteiger partial charge in [-0.2, -0.15) is 0 Å². The lowest BCUT2D eigenvalue weighted by atomic mass is 9.94. The number of carbonyl (C=O) groups excluding carboxylic acids is 2. The lowest BCUT2D eigenvalue weighted by molar-refractivity contribution is -0.142. The molecule has 1 aromatic heterocycles. The zero-order valence-corrected chi connectivity index (χ0v) is 22.8. The summed E-state index contributed by atoms with van der Waals surface area (Å²) in [5.41, 5.74) is 2.73. The van der Waals surface area contributed by atoms with E-state index < -0.39 is 17.7 Å². The van der Waals surface area contributed by atoms with E-state index in [1.165, 1.54) is 11.8 Å². The molecule has 1 atom stereocenters. The summed E-state index contributed by atoms with van der Waals surface area (Å²) in [6.07, 6.45) is 3.00. The largest absolute Gasteiger partial charge is 0.507 e. The predicted octanol–water partition coefficient (Wildman–Crippen LogP) is 5.89. The Kier molecular flexibility index (Phi) is 7.89. The Hall–Kier alpha value is -3.84. The topological polar surface area (TPSA) is 83.2 Å². The van der Waals surface area contributed by atoms with Crippen LogP contribution in [-0.2, 0) is 16.1 Å². The Bertz CT molecular complexity index is 1340. The molecule has 5 rings (SSSR count). The van der Waals surface area contributed by atoms with Crippen LogP contribution < -0.4 is 4.74 Å². The third-order valence-corrected chi connectivity index (χ3v) is 7.70. The first-order valence-electron chi connectivity index (χ1n) is 13.8. The van der Waals surface area contributed by atoms with Crippen LogP contribution in [0.2, 0.25) is 0 Å². The van der Waals surface area contributed by atoms with Gasteiger partial charge in [0.15, 0.2) is 0 Å². The maximum absolute atomic E-state index is 13.5. The second kappa shape index (κ2) is 11.5. The number of amides is 1. The molecule has 2 aliphatic rings. The molecule has 2 aliphatic heterocycles. The molecular weight excluding hydrogens is 492 g/mol. The minimum absolute atomic E-state index is 0.0699. The van der Waals surface area contributed by atoms with Crippen molar-refractivity contribution >= 4 is 17.4 Å². The van der Waals surface area contributed by atoms with Gasteiger partial charge in [0.1, 0.15) is 23.3 Å². The molecule has 0 radical (unpaired) electrons. The van der Waals surface area contributed by atoms with Crippen molar-refractivity contribution in [2.75, 3.05) is 19.7 Å². The lowest BCUT2D eigenvalue weighted by Crippen LogP contribution is -2.46. The molecule has 7 nitrogen and oxygen atoms in total. The van der Waals surface area contributed by atoms with Crippen molar-refractivity contribution in [1.82, 2.24) is 9.80 Å². The second-order valence-corrected chi connectivity index (χ2v) is 10.6. The number of Topliss-reactive ketones (excluding diaryl/α,β-unsaturated/α-hetero) is 1. The molecule has 2 aromatic carbocycles. The Morgan fingerprint density at radius 2 is 1.79 bits per heavy atom. The predicted molar refractivity (Wildman–Crippen MR) is 149 cm³/mol. The second-order valence-electron chi connectivity index (χ2n) is 10.6. The fourth-order valence-corrected chi connectivity index (χ4v) is 5.74. The smallest absolute Gasteiger partial charge is 0.296 e. The Balaban J connectivity index is 1.46. The van der Waals surface area contributed by atoms with Gasteiger partial charge in [0.2, 0.25) is 0 Å². The highest BCUT2D eigenvalue weighted by molar-refractivity contribution is 6.46. The summed E-state index contributed by atoms with van der Waals surface area (Å²) >= 11 is 0. The number of carbonyl (C=O) groups is 2. The van der Waals surface area contributed by atoms with Gasteiger partial charge in [-0.05, 0) is 67.1 Å². The Morgan fingerprint density at radius 1 is 1.05 bits per heavy atom. The third-order valence-electron chi connectivity index (χ3n) is 7.70. The average Bonchev–Trinajstić information content (AvgIpc) is 3.56. The van der Waals surface area contributed by atoms with E-state index in [1.54, 1.807) is 23.1 Å². The van der Waals surface area contributed by atoms with Crippen LogP contribution in [0.4, 0.5) is 0 Å². The molecule has 0 spiro atoms. The van der Waals surface area contributed by atoms with Crippen LogP contribution in [0.25, 0.3) is 5.76 Å². The summed E-state index contributed by atoms with van der Waals surface area (Å²) in [4.78, 5) is 31.0. The van der Waals surface area contributed by atoms with Gasteiger partial charge in [-0.1, -0.05) is 44.2 Å². The van der Waals surface area contributed by atoms with Gasteiger partial charge in [-0.25, -0.2) is 0 Å². The molecule has 3 aromatic rings. The van der Waals surface area contributed by atoms with Crippen LogP contribution in [-0.4, -0.2) is 52.3 Å². The van der Waals surface area contributed by atoms with Crippen molar-refractivity contribution in [1.29, 1.82) is 0 Å². The van der Waals surface area contributed by atoms with Crippen LogP contribution in [0.1, 0.15) is 68.0 Å². The van der Waals surface area contributed by atoms with Crippen molar-refractivity contribution in [2.24, 2.45) is 0 Å². The average molecular weight is 529 g/mol. The number of likely N-dealkylation sites (tertiary alicyclic amines) is 2. The monoisotopic (exact) mass is 528 g/mol. The first kappa shape index (κ1) is 26.8. The first-order valence-corrected chi connectivity index (χ1v) is 13.8. The van der Waals surface area contributed by atoms with Crippen molar-refractivity contribution in [3.63, 3.8) is 0 Å². The number of rotatable bonds is 8. The maximum Gasteiger partial charge on any atom is 0.296 e. The third kappa shape index (κ3) is 5.36. The Morgan fingerprint density at radius 3 is 2.44 bits per heavy atom. The normalized spacial score (nSPS) is 20.2. The fourth-order valence-electron chi connectivity index (χ4n) is 5.74. The molecule has 204 valence electrons. The maximum atomic E-state index is 13.5. The highest BCUT2D eigenvalue weighted by Crippen LogP contribution is 2.43. The van der Waals surface area contributed by atoms with E-state index in [-0.39, 0.29) is 23.3 Å². The zero-order chi connectivity index (χ0) is 27.5. The van der Waals surface area contributed by atoms with Gasteiger partial charge in [-0.15, -0.1) is 0 Å². The summed E-state index contributed by atoms with van der Waals surface area (Å²) in [5, 5.41) is 11.5. The standard InChI is InChI=1S/C32H36N2O5/c1-4-38-26-13-12-23(19-25(26)21(2)3)30(35)28-29(27-11-8-18-39-27)34(32(37)31(28)36)24-14-16-33(17-15-24)20-22-9-6-5-7-10-22/h5-13,18-19,21,24,29,35H,4,14-17,20H2,1-3H3/b30-28-. The van der Waals surface area contributed by atoms with E-state index in [4.69, 9.17) is 9.15 Å². The van der Waals surface area contributed by atoms with Crippen molar-refractivity contribution in [3.05, 3.63) is 95.0 Å². The molecule has 2 fully saturated rings. The minimum atomic E-state index is -0.778. The molecule has 39 heavy (non-hydrogen) atoms. The summed E-state index contributed by atoms with van der Waals surface area (Å²) in [5.74, 6) is -0.103. The molecule has 0 aliphatic carbocycles. The van der Waals surface area contributed by atoms with E-state index in [1.807, 2.05) is 51.1 Å². The fraction of sp³-hybridized carbons (Fsp3) is 0.375.